The molecule has 5 heteroatoms. The van der Waals surface area contributed by atoms with Gasteiger partial charge >= 0.3 is 5.97 Å². The second kappa shape index (κ2) is 6.37. The van der Waals surface area contributed by atoms with Crippen LogP contribution in [0.1, 0.15) is 47.0 Å². The van der Waals surface area contributed by atoms with E-state index in [1.165, 1.54) is 0 Å². The van der Waals surface area contributed by atoms with Crippen molar-refractivity contribution in [3.8, 4) is 0 Å². The second-order valence-corrected chi connectivity index (χ2v) is 6.03. The molecule has 110 valence electrons. The Morgan fingerprint density at radius 2 is 2.11 bits per heavy atom. The number of carbonyl (C=O) groups is 2. The van der Waals surface area contributed by atoms with Gasteiger partial charge in [0, 0.05) is 18.1 Å². The average Bonchev–Trinajstić information content (AvgIpc) is 2.27. The molecule has 0 spiro atoms. The van der Waals surface area contributed by atoms with Crippen molar-refractivity contribution in [3.05, 3.63) is 0 Å². The Morgan fingerprint density at radius 1 is 1.47 bits per heavy atom. The number of carboxylic acid groups (broad SMARTS) is 1. The summed E-state index contributed by atoms with van der Waals surface area (Å²) < 4.78 is 5.43. The maximum absolute atomic E-state index is 12.3. The summed E-state index contributed by atoms with van der Waals surface area (Å²) in [4.78, 5) is 23.2. The van der Waals surface area contributed by atoms with Gasteiger partial charge in [-0.15, -0.1) is 0 Å². The van der Waals surface area contributed by atoms with Crippen LogP contribution in [0.5, 0.6) is 0 Å². The molecule has 1 heterocycles. The lowest BCUT2D eigenvalue weighted by atomic mass is 9.84. The molecule has 1 fully saturated rings. The topological polar surface area (TPSA) is 75.6 Å². The van der Waals surface area contributed by atoms with Crippen LogP contribution in [0.15, 0.2) is 0 Å². The third-order valence-electron chi connectivity index (χ3n) is 4.06. The van der Waals surface area contributed by atoms with Crippen molar-refractivity contribution < 1.29 is 19.4 Å². The van der Waals surface area contributed by atoms with E-state index in [9.17, 15) is 9.59 Å². The predicted molar refractivity (Wildman–Crippen MR) is 71.8 cm³/mol. The fourth-order valence-electron chi connectivity index (χ4n) is 2.33. The fourth-order valence-corrected chi connectivity index (χ4v) is 2.33. The van der Waals surface area contributed by atoms with E-state index in [0.29, 0.717) is 19.4 Å². The maximum Gasteiger partial charge on any atom is 0.305 e. The molecule has 1 aliphatic heterocycles. The molecule has 2 N–H and O–H groups in total. The van der Waals surface area contributed by atoms with E-state index in [1.807, 2.05) is 20.8 Å². The zero-order valence-electron chi connectivity index (χ0n) is 12.2. The lowest BCUT2D eigenvalue weighted by Gasteiger charge is -2.36. The van der Waals surface area contributed by atoms with Crippen LogP contribution in [0, 0.1) is 11.8 Å². The van der Waals surface area contributed by atoms with Crippen LogP contribution in [0.3, 0.4) is 0 Å². The Kier molecular flexibility index (Phi) is 5.35. The van der Waals surface area contributed by atoms with E-state index in [1.54, 1.807) is 6.92 Å². The van der Waals surface area contributed by atoms with Crippen LogP contribution in [0.25, 0.3) is 0 Å². The largest absolute Gasteiger partial charge is 0.481 e. The molecular weight excluding hydrogens is 246 g/mol. The van der Waals surface area contributed by atoms with Gasteiger partial charge in [-0.25, -0.2) is 0 Å². The highest BCUT2D eigenvalue weighted by Crippen LogP contribution is 2.25. The second-order valence-electron chi connectivity index (χ2n) is 6.03. The summed E-state index contributed by atoms with van der Waals surface area (Å²) in [6, 6.07) is 0. The van der Waals surface area contributed by atoms with Crippen molar-refractivity contribution >= 4 is 11.9 Å². The molecule has 0 bridgehead atoms. The first-order valence-corrected chi connectivity index (χ1v) is 6.90. The summed E-state index contributed by atoms with van der Waals surface area (Å²) in [5, 5.41) is 11.9. The molecule has 1 saturated heterocycles. The highest BCUT2D eigenvalue weighted by Gasteiger charge is 2.35. The van der Waals surface area contributed by atoms with Crippen LogP contribution in [-0.4, -0.2) is 35.2 Å². The third kappa shape index (κ3) is 4.49. The molecule has 19 heavy (non-hydrogen) atoms. The van der Waals surface area contributed by atoms with Crippen LogP contribution >= 0.6 is 0 Å². The van der Waals surface area contributed by atoms with Crippen LogP contribution in [0.2, 0.25) is 0 Å². The first kappa shape index (κ1) is 16.0. The first-order chi connectivity index (χ1) is 8.74. The molecule has 1 aliphatic rings. The molecule has 0 aromatic carbocycles. The number of hydrogen-bond donors (Lipinski definition) is 2. The standard InChI is InChI=1S/C14H25NO4/c1-9(2)14(4,8-12(16)17)15-13(18)11-5-6-19-10(3)7-11/h9-11H,5-8H2,1-4H3,(H,15,18)(H,16,17). The number of rotatable bonds is 5. The molecular formula is C14H25NO4. The molecule has 0 aromatic heterocycles. The number of carboxylic acids is 1. The maximum atomic E-state index is 12.3. The predicted octanol–water partition coefficient (Wildman–Crippen LogP) is 1.81. The minimum absolute atomic E-state index is 0.0485. The summed E-state index contributed by atoms with van der Waals surface area (Å²) in [6.07, 6.45) is 1.44. The Labute approximate surface area is 114 Å². The summed E-state index contributed by atoms with van der Waals surface area (Å²) in [6.45, 7) is 8.20. The number of carbonyl (C=O) groups excluding carboxylic acids is 1. The number of ether oxygens (including phenoxy) is 1. The Morgan fingerprint density at radius 3 is 2.58 bits per heavy atom. The van der Waals surface area contributed by atoms with E-state index in [4.69, 9.17) is 9.84 Å². The first-order valence-electron chi connectivity index (χ1n) is 6.90. The lowest BCUT2D eigenvalue weighted by Crippen LogP contribution is -2.53. The van der Waals surface area contributed by atoms with Gasteiger partial charge in [0.15, 0.2) is 0 Å². The van der Waals surface area contributed by atoms with Gasteiger partial charge in [0.05, 0.1) is 12.5 Å². The van der Waals surface area contributed by atoms with Crippen molar-refractivity contribution in [1.82, 2.24) is 5.32 Å². The van der Waals surface area contributed by atoms with Crippen molar-refractivity contribution in [2.45, 2.75) is 58.6 Å². The zero-order valence-corrected chi connectivity index (χ0v) is 12.2. The highest BCUT2D eigenvalue weighted by molar-refractivity contribution is 5.80. The Bertz CT molecular complexity index is 342. The van der Waals surface area contributed by atoms with Crippen molar-refractivity contribution in [1.29, 1.82) is 0 Å². The molecule has 0 radical (unpaired) electrons. The highest BCUT2D eigenvalue weighted by atomic mass is 16.5. The van der Waals surface area contributed by atoms with Crippen LogP contribution in [0.4, 0.5) is 0 Å². The summed E-state index contributed by atoms with van der Waals surface area (Å²) in [7, 11) is 0. The van der Waals surface area contributed by atoms with Gasteiger partial charge in [-0.05, 0) is 32.6 Å². The molecule has 3 unspecified atom stereocenters. The SMILES string of the molecule is CC1CC(C(=O)NC(C)(CC(=O)O)C(C)C)CCO1. The van der Waals surface area contributed by atoms with Crippen molar-refractivity contribution in [3.63, 3.8) is 0 Å². The van der Waals surface area contributed by atoms with E-state index >= 15 is 0 Å². The Hall–Kier alpha value is -1.10. The molecule has 0 aromatic rings. The van der Waals surface area contributed by atoms with Gasteiger partial charge in [0.25, 0.3) is 0 Å². The molecule has 0 saturated carbocycles. The smallest absolute Gasteiger partial charge is 0.305 e. The van der Waals surface area contributed by atoms with Gasteiger partial charge in [0.1, 0.15) is 0 Å². The molecule has 3 atom stereocenters. The van der Waals surface area contributed by atoms with Gasteiger partial charge in [0.2, 0.25) is 5.91 Å². The molecule has 1 rings (SSSR count). The van der Waals surface area contributed by atoms with Gasteiger partial charge in [-0.2, -0.15) is 0 Å². The van der Waals surface area contributed by atoms with Gasteiger partial charge < -0.3 is 15.2 Å². The third-order valence-corrected chi connectivity index (χ3v) is 4.06. The van der Waals surface area contributed by atoms with Gasteiger partial charge in [-0.1, -0.05) is 13.8 Å². The van der Waals surface area contributed by atoms with Crippen molar-refractivity contribution in [2.24, 2.45) is 11.8 Å². The number of nitrogens with one attached hydrogen (secondary N) is 1. The van der Waals surface area contributed by atoms with Gasteiger partial charge in [-0.3, -0.25) is 9.59 Å². The number of hydrogen-bond acceptors (Lipinski definition) is 3. The monoisotopic (exact) mass is 271 g/mol. The molecule has 0 aliphatic carbocycles. The minimum atomic E-state index is -0.892. The van der Waals surface area contributed by atoms with E-state index in [0.717, 1.165) is 0 Å². The zero-order chi connectivity index (χ0) is 14.6. The van der Waals surface area contributed by atoms with E-state index < -0.39 is 11.5 Å². The van der Waals surface area contributed by atoms with E-state index in [-0.39, 0.29) is 30.3 Å². The minimum Gasteiger partial charge on any atom is -0.481 e. The van der Waals surface area contributed by atoms with Crippen LogP contribution in [-0.2, 0) is 14.3 Å². The normalized spacial score (nSPS) is 26.8. The fraction of sp³-hybridized carbons (Fsp3) is 0.857. The summed E-state index contributed by atoms with van der Waals surface area (Å²) >= 11 is 0. The summed E-state index contributed by atoms with van der Waals surface area (Å²) in [5.74, 6) is -0.954. The molecule has 5 nitrogen and oxygen atoms in total. The number of amides is 1. The van der Waals surface area contributed by atoms with Crippen LogP contribution < -0.4 is 5.32 Å². The van der Waals surface area contributed by atoms with E-state index in [2.05, 4.69) is 5.32 Å². The molecule has 1 amide bonds. The average molecular weight is 271 g/mol. The number of aliphatic carboxylic acids is 1. The quantitative estimate of drug-likeness (QED) is 0.799. The Balaban J connectivity index is 2.68. The summed E-state index contributed by atoms with van der Waals surface area (Å²) in [5.41, 5.74) is -0.704. The van der Waals surface area contributed by atoms with Crippen molar-refractivity contribution in [2.75, 3.05) is 6.61 Å². The lowest BCUT2D eigenvalue weighted by molar-refractivity contribution is -0.140.